The van der Waals surface area contributed by atoms with E-state index in [0.717, 1.165) is 0 Å². The zero-order chi connectivity index (χ0) is 34.7. The minimum Gasteiger partial charge on any atom is -0.457 e. The van der Waals surface area contributed by atoms with Gasteiger partial charge in [0, 0.05) is 56.1 Å². The number of likely N-dealkylation sites (tertiary alicyclic amines) is 1. The molecule has 2 aromatic carbocycles. The fraction of sp³-hybridized carbons (Fsp3) is 0.444. The molecule has 0 radical (unpaired) electrons. The molecule has 1 saturated carbocycles. The molecule has 4 amide bonds. The van der Waals surface area contributed by atoms with Gasteiger partial charge in [-0.25, -0.2) is 4.39 Å². The number of hydrogen-bond acceptors (Lipinski definition) is 7. The summed E-state index contributed by atoms with van der Waals surface area (Å²) in [5.41, 5.74) is 1.25. The van der Waals surface area contributed by atoms with Gasteiger partial charge in [-0.15, -0.1) is 0 Å². The van der Waals surface area contributed by atoms with Crippen LogP contribution in [0.5, 0.6) is 11.5 Å². The number of nitrogens with zero attached hydrogens (tertiary/aromatic N) is 3. The zero-order valence-corrected chi connectivity index (χ0v) is 27.7. The summed E-state index contributed by atoms with van der Waals surface area (Å²) in [7, 11) is 1.78. The van der Waals surface area contributed by atoms with E-state index in [0.29, 0.717) is 43.4 Å². The largest absolute Gasteiger partial charge is 0.457 e. The Morgan fingerprint density at radius 2 is 1.82 bits per heavy atom. The second kappa shape index (κ2) is 14.8. The summed E-state index contributed by atoms with van der Waals surface area (Å²) < 4.78 is 28.9. The van der Waals surface area contributed by atoms with E-state index in [-0.39, 0.29) is 73.5 Å². The van der Waals surface area contributed by atoms with Gasteiger partial charge in [-0.2, -0.15) is 0 Å². The first-order valence-electron chi connectivity index (χ1n) is 16.8. The first-order chi connectivity index (χ1) is 23.6. The molecule has 2 aliphatic heterocycles. The first-order valence-corrected chi connectivity index (χ1v) is 16.8. The number of benzene rings is 2. The smallest absolute Gasteiger partial charge is 0.270 e. The molecule has 1 aromatic heterocycles. The number of aliphatic hydroxyl groups is 1. The van der Waals surface area contributed by atoms with E-state index in [9.17, 15) is 28.7 Å². The highest BCUT2D eigenvalue weighted by Crippen LogP contribution is 2.29. The molecule has 1 saturated heterocycles. The number of aromatic nitrogens is 1. The maximum Gasteiger partial charge on any atom is 0.270 e. The molecule has 260 valence electrons. The van der Waals surface area contributed by atoms with Crippen LogP contribution in [0.15, 0.2) is 54.7 Å². The van der Waals surface area contributed by atoms with Gasteiger partial charge in [-0.1, -0.05) is 6.92 Å². The highest BCUT2D eigenvalue weighted by Gasteiger charge is 2.38. The van der Waals surface area contributed by atoms with Crippen molar-refractivity contribution in [2.24, 2.45) is 7.05 Å². The number of aryl methyl sites for hydroxylation is 1. The van der Waals surface area contributed by atoms with Crippen LogP contribution < -0.4 is 15.4 Å². The lowest BCUT2D eigenvalue weighted by molar-refractivity contribution is -0.123. The van der Waals surface area contributed by atoms with Crippen molar-refractivity contribution in [3.05, 3.63) is 82.9 Å². The van der Waals surface area contributed by atoms with Crippen molar-refractivity contribution >= 4 is 23.6 Å². The van der Waals surface area contributed by atoms with E-state index in [1.165, 1.54) is 35.2 Å². The average molecular weight is 676 g/mol. The number of aliphatic hydroxyl groups excluding tert-OH is 1. The number of rotatable bonds is 5. The van der Waals surface area contributed by atoms with Crippen molar-refractivity contribution < 1.29 is 38.1 Å². The van der Waals surface area contributed by atoms with Crippen LogP contribution in [-0.4, -0.2) is 93.6 Å². The monoisotopic (exact) mass is 675 g/mol. The molecule has 3 aromatic rings. The average Bonchev–Trinajstić information content (AvgIpc) is 3.68. The van der Waals surface area contributed by atoms with Crippen LogP contribution in [0.4, 0.5) is 4.39 Å². The Bertz CT molecular complexity index is 1720. The topological polar surface area (TPSA) is 142 Å². The van der Waals surface area contributed by atoms with Gasteiger partial charge in [0.1, 0.15) is 23.0 Å². The van der Waals surface area contributed by atoms with Crippen molar-refractivity contribution in [2.45, 2.75) is 69.9 Å². The number of nitrogens with one attached hydrogen (secondary N) is 2. The number of carbonyl (C=O) groups excluding carboxylic acids is 4. The highest BCUT2D eigenvalue weighted by atomic mass is 19.1. The maximum atomic E-state index is 14.9. The number of fused-ring (bicyclic) bond motifs is 5. The van der Waals surface area contributed by atoms with E-state index < -0.39 is 35.7 Å². The van der Waals surface area contributed by atoms with E-state index >= 15 is 0 Å². The van der Waals surface area contributed by atoms with Crippen LogP contribution in [0.2, 0.25) is 0 Å². The third-order valence-corrected chi connectivity index (χ3v) is 9.26. The summed E-state index contributed by atoms with van der Waals surface area (Å²) in [6, 6.07) is 11.3. The third-order valence-electron chi connectivity index (χ3n) is 9.26. The molecule has 2 atom stereocenters. The molecule has 0 unspecified atom stereocenters. The number of halogens is 1. The van der Waals surface area contributed by atoms with E-state index in [4.69, 9.17) is 9.47 Å². The second-order valence-electron chi connectivity index (χ2n) is 13.1. The zero-order valence-electron chi connectivity index (χ0n) is 27.7. The summed E-state index contributed by atoms with van der Waals surface area (Å²) in [5, 5.41) is 15.9. The van der Waals surface area contributed by atoms with E-state index in [1.54, 1.807) is 40.9 Å². The van der Waals surface area contributed by atoms with Gasteiger partial charge in [-0.3, -0.25) is 19.2 Å². The Balaban J connectivity index is 1.31. The molecule has 12 nitrogen and oxygen atoms in total. The van der Waals surface area contributed by atoms with Crippen molar-refractivity contribution in [1.82, 2.24) is 25.0 Å². The minimum absolute atomic E-state index is 0.0262. The number of ether oxygens (including phenoxy) is 2. The number of carbonyl (C=O) groups is 4. The van der Waals surface area contributed by atoms with Crippen LogP contribution in [0, 0.1) is 5.82 Å². The summed E-state index contributed by atoms with van der Waals surface area (Å²) in [6.07, 6.45) is 3.78. The lowest BCUT2D eigenvalue weighted by atomic mass is 9.93. The predicted molar refractivity (Wildman–Crippen MR) is 177 cm³/mol. The Hall–Kier alpha value is -4.75. The summed E-state index contributed by atoms with van der Waals surface area (Å²) in [6.45, 7) is 2.24. The lowest BCUT2D eigenvalue weighted by Crippen LogP contribution is -2.49. The van der Waals surface area contributed by atoms with Gasteiger partial charge in [0.15, 0.2) is 0 Å². The molecular weight excluding hydrogens is 633 g/mol. The van der Waals surface area contributed by atoms with E-state index in [1.807, 2.05) is 6.92 Å². The quantitative estimate of drug-likeness (QED) is 0.377. The van der Waals surface area contributed by atoms with Gasteiger partial charge >= 0.3 is 0 Å². The van der Waals surface area contributed by atoms with Gasteiger partial charge in [0.05, 0.1) is 31.4 Å². The fourth-order valence-corrected chi connectivity index (χ4v) is 6.73. The van der Waals surface area contributed by atoms with Crippen molar-refractivity contribution in [2.75, 3.05) is 26.2 Å². The summed E-state index contributed by atoms with van der Waals surface area (Å²) in [5.74, 6) is -1.83. The maximum absolute atomic E-state index is 14.9. The molecule has 3 N–H and O–H groups in total. The molecule has 13 heteroatoms. The Morgan fingerprint density at radius 1 is 1.04 bits per heavy atom. The van der Waals surface area contributed by atoms with Crippen LogP contribution in [0.25, 0.3) is 0 Å². The number of amides is 4. The van der Waals surface area contributed by atoms with Gasteiger partial charge in [-0.05, 0) is 80.1 Å². The standard InChI is InChI=1S/C36H42FN5O7/c1-3-10-41-20-33(44)39-30-18-42(36(47)31-5-4-11-40(31)2)19-32(30)48-21-22-12-25(37)17-28(13-22)49-29-15-23(14-24(16-29)35(41)46)34(45)38-26-6-8-27(43)9-7-26/h4-5,11-17,26-27,30,32,43H,3,6-10,18-21H2,1-2H3,(H,38,45)(H,39,44)/t26?,27?,30-,32-/m1/s1. The Morgan fingerprint density at radius 3 is 2.55 bits per heavy atom. The SMILES string of the molecule is CCCN1CC(=O)N[C@@H]2CN(C(=O)c3cccn3C)C[C@H]2OCc2cc(F)cc(c2)Oc2cc(C(=O)NC3CCC(O)CC3)cc(c2)C1=O. The van der Waals surface area contributed by atoms with Crippen LogP contribution in [0.3, 0.4) is 0 Å². The summed E-state index contributed by atoms with van der Waals surface area (Å²) in [4.78, 5) is 57.3. The molecule has 4 bridgehead atoms. The molecule has 3 heterocycles. The Kier molecular flexibility index (Phi) is 10.3. The van der Waals surface area contributed by atoms with Crippen LogP contribution in [-0.2, 0) is 23.2 Å². The predicted octanol–water partition coefficient (Wildman–Crippen LogP) is 3.38. The van der Waals surface area contributed by atoms with E-state index in [2.05, 4.69) is 10.6 Å². The lowest BCUT2D eigenvalue weighted by Gasteiger charge is -2.27. The van der Waals surface area contributed by atoms with Crippen LogP contribution in [0.1, 0.15) is 75.8 Å². The normalized spacial score (nSPS) is 23.0. The second-order valence-corrected chi connectivity index (χ2v) is 13.1. The van der Waals surface area contributed by atoms with Crippen LogP contribution >= 0.6 is 0 Å². The van der Waals surface area contributed by atoms with Crippen molar-refractivity contribution in [3.8, 4) is 11.5 Å². The van der Waals surface area contributed by atoms with Gasteiger partial charge in [0.25, 0.3) is 17.7 Å². The molecule has 49 heavy (non-hydrogen) atoms. The van der Waals surface area contributed by atoms with Gasteiger partial charge < -0.3 is 39.6 Å². The molecule has 3 aliphatic rings. The van der Waals surface area contributed by atoms with Crippen molar-refractivity contribution in [1.29, 1.82) is 0 Å². The molecule has 0 spiro atoms. The minimum atomic E-state index is -0.606. The fourth-order valence-electron chi connectivity index (χ4n) is 6.73. The molecule has 6 rings (SSSR count). The third kappa shape index (κ3) is 8.11. The molecule has 2 fully saturated rings. The van der Waals surface area contributed by atoms with Gasteiger partial charge in [0.2, 0.25) is 5.91 Å². The number of hydrogen-bond donors (Lipinski definition) is 3. The highest BCUT2D eigenvalue weighted by molar-refractivity contribution is 6.01. The molecular formula is C36H42FN5O7. The Labute approximate surface area is 284 Å². The first kappa shape index (κ1) is 34.1. The molecule has 1 aliphatic carbocycles. The summed E-state index contributed by atoms with van der Waals surface area (Å²) >= 11 is 0. The van der Waals surface area contributed by atoms with Crippen molar-refractivity contribution in [3.63, 3.8) is 0 Å².